The summed E-state index contributed by atoms with van der Waals surface area (Å²) in [7, 11) is -3.44. The Morgan fingerprint density at radius 2 is 1.97 bits per heavy atom. The number of fused-ring (bicyclic) bond motifs is 1. The highest BCUT2D eigenvalue weighted by molar-refractivity contribution is 7.92. The molecule has 8 nitrogen and oxygen atoms in total. The molecule has 30 heavy (non-hydrogen) atoms. The van der Waals surface area contributed by atoms with E-state index in [1.54, 1.807) is 29.1 Å². The van der Waals surface area contributed by atoms with Gasteiger partial charge in [-0.05, 0) is 25.1 Å². The molecule has 0 atom stereocenters. The van der Waals surface area contributed by atoms with E-state index in [0.29, 0.717) is 16.3 Å². The Kier molecular flexibility index (Phi) is 5.27. The zero-order chi connectivity index (χ0) is 21.3. The monoisotopic (exact) mass is 442 g/mol. The lowest BCUT2D eigenvalue weighted by atomic mass is 10.1. The van der Waals surface area contributed by atoms with Crippen molar-refractivity contribution in [1.82, 2.24) is 14.8 Å². The van der Waals surface area contributed by atoms with E-state index in [2.05, 4.69) is 9.71 Å². The summed E-state index contributed by atoms with van der Waals surface area (Å²) in [5, 5.41) is 7.63. The molecule has 4 rings (SSSR count). The maximum absolute atomic E-state index is 12.0. The number of thiazole rings is 1. The number of esters is 1. The molecular formula is C20H18N4O4S2. The Balaban J connectivity index is 1.89. The van der Waals surface area contributed by atoms with Crippen LogP contribution in [0.5, 0.6) is 0 Å². The van der Waals surface area contributed by atoms with Crippen molar-refractivity contribution in [1.29, 1.82) is 0 Å². The summed E-state index contributed by atoms with van der Waals surface area (Å²) in [6.07, 6.45) is 1.09. The third-order valence-corrected chi connectivity index (χ3v) is 5.61. The number of hydrogen-bond donors (Lipinski definition) is 1. The van der Waals surface area contributed by atoms with Crippen LogP contribution in [0.15, 0.2) is 53.9 Å². The third kappa shape index (κ3) is 4.05. The first-order chi connectivity index (χ1) is 14.4. The summed E-state index contributed by atoms with van der Waals surface area (Å²) >= 11 is 1.25. The fourth-order valence-corrected chi connectivity index (χ4v) is 4.32. The Hall–Kier alpha value is -3.24. The van der Waals surface area contributed by atoms with E-state index in [1.807, 2.05) is 36.4 Å². The van der Waals surface area contributed by atoms with Gasteiger partial charge in [0.2, 0.25) is 15.2 Å². The molecule has 2 aromatic heterocycles. The molecule has 1 N–H and O–H groups in total. The van der Waals surface area contributed by atoms with Crippen molar-refractivity contribution in [2.24, 2.45) is 0 Å². The minimum atomic E-state index is -3.44. The number of carbonyl (C=O) groups excluding carboxylic acids is 1. The lowest BCUT2D eigenvalue weighted by Gasteiger charge is -2.05. The molecule has 0 saturated carbocycles. The molecule has 4 aromatic rings. The molecule has 2 aromatic carbocycles. The lowest BCUT2D eigenvalue weighted by Crippen LogP contribution is -2.09. The van der Waals surface area contributed by atoms with Crippen molar-refractivity contribution in [3.8, 4) is 16.4 Å². The standard InChI is InChI=1S/C20H18N4O4S2/c1-3-28-19(25)16-12-29-20(21-16)24-17-11-14(23-30(2,26)27)9-10-15(17)18(22-24)13-7-5-4-6-8-13/h4-12,23H,3H2,1-2H3. The predicted molar refractivity (Wildman–Crippen MR) is 117 cm³/mol. The Morgan fingerprint density at radius 3 is 2.67 bits per heavy atom. The van der Waals surface area contributed by atoms with Crippen LogP contribution in [-0.4, -0.2) is 42.0 Å². The first-order valence-electron chi connectivity index (χ1n) is 9.04. The number of carbonyl (C=O) groups is 1. The van der Waals surface area contributed by atoms with Crippen molar-refractivity contribution >= 4 is 43.9 Å². The highest BCUT2D eigenvalue weighted by Gasteiger charge is 2.19. The van der Waals surface area contributed by atoms with Gasteiger partial charge in [-0.2, -0.15) is 5.10 Å². The molecule has 10 heteroatoms. The van der Waals surface area contributed by atoms with Gasteiger partial charge in [-0.25, -0.2) is 22.9 Å². The fourth-order valence-electron chi connectivity index (χ4n) is 3.01. The maximum atomic E-state index is 12.0. The van der Waals surface area contributed by atoms with Gasteiger partial charge >= 0.3 is 5.97 Å². The molecule has 0 aliphatic heterocycles. The Bertz CT molecular complexity index is 1330. The van der Waals surface area contributed by atoms with Gasteiger partial charge in [0.05, 0.1) is 24.1 Å². The van der Waals surface area contributed by atoms with Crippen molar-refractivity contribution in [3.05, 3.63) is 59.6 Å². The zero-order valence-electron chi connectivity index (χ0n) is 16.2. The van der Waals surface area contributed by atoms with Crippen molar-refractivity contribution < 1.29 is 17.9 Å². The van der Waals surface area contributed by atoms with E-state index in [9.17, 15) is 13.2 Å². The molecule has 2 heterocycles. The number of nitrogens with one attached hydrogen (secondary N) is 1. The van der Waals surface area contributed by atoms with Gasteiger partial charge in [0.25, 0.3) is 0 Å². The van der Waals surface area contributed by atoms with Crippen molar-refractivity contribution in [2.45, 2.75) is 6.92 Å². The van der Waals surface area contributed by atoms with Gasteiger partial charge in [-0.15, -0.1) is 11.3 Å². The van der Waals surface area contributed by atoms with E-state index in [-0.39, 0.29) is 12.3 Å². The molecule has 0 spiro atoms. The number of nitrogens with zero attached hydrogens (tertiary/aromatic N) is 3. The fraction of sp³-hybridized carbons (Fsp3) is 0.150. The highest BCUT2D eigenvalue weighted by atomic mass is 32.2. The SMILES string of the molecule is CCOC(=O)c1csc(-n2nc(-c3ccccc3)c3ccc(NS(C)(=O)=O)cc32)n1. The van der Waals surface area contributed by atoms with Gasteiger partial charge in [-0.3, -0.25) is 4.72 Å². The van der Waals surface area contributed by atoms with Crippen LogP contribution in [0, 0.1) is 0 Å². The van der Waals surface area contributed by atoms with Gasteiger partial charge in [0.1, 0.15) is 5.69 Å². The lowest BCUT2D eigenvalue weighted by molar-refractivity contribution is 0.0520. The molecule has 0 bridgehead atoms. The summed E-state index contributed by atoms with van der Waals surface area (Å²) in [4.78, 5) is 16.4. The molecule has 0 aliphatic rings. The van der Waals surface area contributed by atoms with Crippen LogP contribution in [0.4, 0.5) is 5.69 Å². The van der Waals surface area contributed by atoms with Gasteiger partial charge in [-0.1, -0.05) is 30.3 Å². The van der Waals surface area contributed by atoms with E-state index >= 15 is 0 Å². The van der Waals surface area contributed by atoms with Crippen molar-refractivity contribution in [3.63, 3.8) is 0 Å². The minimum absolute atomic E-state index is 0.201. The molecule has 0 unspecified atom stereocenters. The summed E-state index contributed by atoms with van der Waals surface area (Å²) in [6.45, 7) is 1.99. The minimum Gasteiger partial charge on any atom is -0.461 e. The van der Waals surface area contributed by atoms with Crippen molar-refractivity contribution in [2.75, 3.05) is 17.6 Å². The second-order valence-corrected chi connectivity index (χ2v) is 9.05. The van der Waals surface area contributed by atoms with Crippen LogP contribution in [0.25, 0.3) is 27.3 Å². The van der Waals surface area contributed by atoms with Crippen LogP contribution < -0.4 is 4.72 Å². The number of aromatic nitrogens is 3. The van der Waals surface area contributed by atoms with E-state index in [4.69, 9.17) is 9.84 Å². The van der Waals surface area contributed by atoms with E-state index in [1.165, 1.54) is 11.3 Å². The number of hydrogen-bond acceptors (Lipinski definition) is 7. The Labute approximate surface area is 177 Å². The van der Waals surface area contributed by atoms with E-state index in [0.717, 1.165) is 22.9 Å². The number of ether oxygens (including phenoxy) is 1. The second-order valence-electron chi connectivity index (χ2n) is 6.47. The summed E-state index contributed by atoms with van der Waals surface area (Å²) < 4.78 is 32.4. The molecule has 0 aliphatic carbocycles. The first kappa shape index (κ1) is 20.0. The Morgan fingerprint density at radius 1 is 1.20 bits per heavy atom. The summed E-state index contributed by atoms with van der Waals surface area (Å²) in [6, 6.07) is 14.8. The molecule has 0 fully saturated rings. The average Bonchev–Trinajstić information content (AvgIpc) is 3.32. The highest BCUT2D eigenvalue weighted by Crippen LogP contribution is 2.32. The van der Waals surface area contributed by atoms with Crippen LogP contribution >= 0.6 is 11.3 Å². The van der Waals surface area contributed by atoms with Crippen LogP contribution in [-0.2, 0) is 14.8 Å². The van der Waals surface area contributed by atoms with Gasteiger partial charge < -0.3 is 4.74 Å². The van der Waals surface area contributed by atoms with Crippen LogP contribution in [0.2, 0.25) is 0 Å². The largest absolute Gasteiger partial charge is 0.461 e. The predicted octanol–water partition coefficient (Wildman–Crippen LogP) is 3.70. The quantitative estimate of drug-likeness (QED) is 0.457. The topological polar surface area (TPSA) is 103 Å². The number of anilines is 1. The zero-order valence-corrected chi connectivity index (χ0v) is 17.8. The van der Waals surface area contributed by atoms with Gasteiger partial charge in [0.15, 0.2) is 5.69 Å². The number of sulfonamides is 1. The molecule has 0 amide bonds. The second kappa shape index (κ2) is 7.88. The van der Waals surface area contributed by atoms with E-state index < -0.39 is 16.0 Å². The molecule has 0 radical (unpaired) electrons. The molecular weight excluding hydrogens is 424 g/mol. The number of benzene rings is 2. The average molecular weight is 443 g/mol. The van der Waals surface area contributed by atoms with Crippen LogP contribution in [0.1, 0.15) is 17.4 Å². The first-order valence-corrected chi connectivity index (χ1v) is 11.8. The molecule has 154 valence electrons. The summed E-state index contributed by atoms with van der Waals surface area (Å²) in [5.74, 6) is -0.501. The van der Waals surface area contributed by atoms with Crippen LogP contribution in [0.3, 0.4) is 0 Å². The smallest absolute Gasteiger partial charge is 0.357 e. The number of rotatable bonds is 6. The molecule has 0 saturated heterocycles. The third-order valence-electron chi connectivity index (χ3n) is 4.19. The normalized spacial score (nSPS) is 11.5. The maximum Gasteiger partial charge on any atom is 0.357 e. The van der Waals surface area contributed by atoms with Gasteiger partial charge in [0, 0.05) is 16.3 Å². The summed E-state index contributed by atoms with van der Waals surface area (Å²) in [5.41, 5.74) is 2.91.